The lowest BCUT2D eigenvalue weighted by Crippen LogP contribution is -2.20. The van der Waals surface area contributed by atoms with E-state index in [-0.39, 0.29) is 0 Å². The highest BCUT2D eigenvalue weighted by Gasteiger charge is 2.17. The minimum atomic E-state index is 0.643. The van der Waals surface area contributed by atoms with Gasteiger partial charge in [-0.1, -0.05) is 18.5 Å². The van der Waals surface area contributed by atoms with E-state index in [2.05, 4.69) is 27.1 Å². The normalized spacial score (nSPS) is 15.5. The van der Waals surface area contributed by atoms with E-state index in [0.717, 1.165) is 31.9 Å². The van der Waals surface area contributed by atoms with Crippen LogP contribution in [0.2, 0.25) is 5.02 Å². The van der Waals surface area contributed by atoms with Crippen LogP contribution in [-0.4, -0.2) is 29.6 Å². The van der Waals surface area contributed by atoms with Crippen molar-refractivity contribution in [3.63, 3.8) is 0 Å². The molecule has 1 N–H and O–H groups in total. The molecular formula is C11H17ClN4. The van der Waals surface area contributed by atoms with Crippen molar-refractivity contribution >= 4 is 23.4 Å². The Bertz CT molecular complexity index is 350. The molecule has 1 aliphatic rings. The molecule has 0 unspecified atom stereocenters. The van der Waals surface area contributed by atoms with E-state index < -0.39 is 0 Å². The van der Waals surface area contributed by atoms with Gasteiger partial charge in [0, 0.05) is 19.6 Å². The van der Waals surface area contributed by atoms with Crippen molar-refractivity contribution in [2.75, 3.05) is 29.9 Å². The van der Waals surface area contributed by atoms with Gasteiger partial charge in [-0.05, 0) is 19.3 Å². The summed E-state index contributed by atoms with van der Waals surface area (Å²) in [4.78, 5) is 10.9. The second-order valence-electron chi connectivity index (χ2n) is 3.99. The van der Waals surface area contributed by atoms with Crippen molar-refractivity contribution in [3.05, 3.63) is 11.2 Å². The van der Waals surface area contributed by atoms with E-state index in [4.69, 9.17) is 11.6 Å². The number of nitrogens with zero attached hydrogens (tertiary/aromatic N) is 3. The van der Waals surface area contributed by atoms with Gasteiger partial charge >= 0.3 is 0 Å². The molecule has 0 amide bonds. The first-order valence-corrected chi connectivity index (χ1v) is 6.20. The average molecular weight is 241 g/mol. The minimum Gasteiger partial charge on any atom is -0.355 e. The third-order valence-corrected chi connectivity index (χ3v) is 2.93. The maximum Gasteiger partial charge on any atom is 0.224 e. The number of nitrogens with one attached hydrogen (secondary N) is 1. The molecule has 2 heterocycles. The molecule has 1 aromatic heterocycles. The van der Waals surface area contributed by atoms with Gasteiger partial charge < -0.3 is 10.2 Å². The molecule has 0 aromatic carbocycles. The monoisotopic (exact) mass is 240 g/mol. The molecule has 0 saturated carbocycles. The molecule has 1 aliphatic heterocycles. The maximum atomic E-state index is 6.12. The Labute approximate surface area is 101 Å². The average Bonchev–Trinajstić information content (AvgIpc) is 2.81. The Balaban J connectivity index is 2.15. The van der Waals surface area contributed by atoms with Crippen LogP contribution in [0.3, 0.4) is 0 Å². The number of rotatable bonds is 4. The molecule has 0 atom stereocenters. The van der Waals surface area contributed by atoms with E-state index in [9.17, 15) is 0 Å². The zero-order chi connectivity index (χ0) is 11.4. The number of anilines is 2. The van der Waals surface area contributed by atoms with E-state index in [1.54, 1.807) is 6.20 Å². The molecule has 1 saturated heterocycles. The van der Waals surface area contributed by atoms with Gasteiger partial charge in [-0.3, -0.25) is 0 Å². The second-order valence-corrected chi connectivity index (χ2v) is 4.39. The Morgan fingerprint density at radius 2 is 2.19 bits per heavy atom. The Kier molecular flexibility index (Phi) is 3.83. The molecule has 4 nitrogen and oxygen atoms in total. The highest BCUT2D eigenvalue weighted by molar-refractivity contribution is 6.32. The first-order chi connectivity index (χ1) is 7.81. The second kappa shape index (κ2) is 5.34. The summed E-state index contributed by atoms with van der Waals surface area (Å²) in [6.45, 7) is 5.10. The van der Waals surface area contributed by atoms with Gasteiger partial charge in [-0.25, -0.2) is 4.98 Å². The van der Waals surface area contributed by atoms with Gasteiger partial charge in [0.15, 0.2) is 5.82 Å². The van der Waals surface area contributed by atoms with Crippen molar-refractivity contribution in [1.82, 2.24) is 9.97 Å². The quantitative estimate of drug-likeness (QED) is 0.878. The molecule has 5 heteroatoms. The lowest BCUT2D eigenvalue weighted by Gasteiger charge is -2.18. The highest BCUT2D eigenvalue weighted by Crippen LogP contribution is 2.26. The van der Waals surface area contributed by atoms with Gasteiger partial charge in [0.25, 0.3) is 0 Å². The lowest BCUT2D eigenvalue weighted by molar-refractivity contribution is 0.911. The first-order valence-electron chi connectivity index (χ1n) is 5.82. The predicted molar refractivity (Wildman–Crippen MR) is 67.3 cm³/mol. The zero-order valence-corrected chi connectivity index (χ0v) is 10.3. The van der Waals surface area contributed by atoms with Crippen LogP contribution in [0.5, 0.6) is 0 Å². The number of hydrogen-bond donors (Lipinski definition) is 1. The summed E-state index contributed by atoms with van der Waals surface area (Å²) < 4.78 is 0. The molecule has 0 aliphatic carbocycles. The molecule has 0 bridgehead atoms. The van der Waals surface area contributed by atoms with E-state index in [1.165, 1.54) is 12.8 Å². The van der Waals surface area contributed by atoms with Gasteiger partial charge in [-0.2, -0.15) is 4.98 Å². The molecule has 0 spiro atoms. The third kappa shape index (κ3) is 2.55. The summed E-state index contributed by atoms with van der Waals surface area (Å²) in [6.07, 6.45) is 5.18. The van der Waals surface area contributed by atoms with Crippen LogP contribution in [-0.2, 0) is 0 Å². The van der Waals surface area contributed by atoms with Crippen LogP contribution >= 0.6 is 11.6 Å². The molecule has 88 valence electrons. The van der Waals surface area contributed by atoms with Crippen molar-refractivity contribution in [1.29, 1.82) is 0 Å². The highest BCUT2D eigenvalue weighted by atomic mass is 35.5. The Morgan fingerprint density at radius 1 is 1.44 bits per heavy atom. The van der Waals surface area contributed by atoms with Crippen molar-refractivity contribution in [3.8, 4) is 0 Å². The van der Waals surface area contributed by atoms with Crippen molar-refractivity contribution < 1.29 is 0 Å². The fourth-order valence-electron chi connectivity index (χ4n) is 1.83. The summed E-state index contributed by atoms with van der Waals surface area (Å²) in [5.41, 5.74) is 0. The Hall–Kier alpha value is -1.03. The van der Waals surface area contributed by atoms with Crippen LogP contribution in [0.15, 0.2) is 6.20 Å². The van der Waals surface area contributed by atoms with Crippen LogP contribution < -0.4 is 10.2 Å². The first kappa shape index (κ1) is 11.5. The number of aromatic nitrogens is 2. The molecule has 0 radical (unpaired) electrons. The number of halogens is 1. The fourth-order valence-corrected chi connectivity index (χ4v) is 2.04. The maximum absolute atomic E-state index is 6.12. The van der Waals surface area contributed by atoms with E-state index in [0.29, 0.717) is 11.0 Å². The number of hydrogen-bond acceptors (Lipinski definition) is 4. The topological polar surface area (TPSA) is 41.1 Å². The van der Waals surface area contributed by atoms with Crippen LogP contribution in [0.1, 0.15) is 26.2 Å². The summed E-state index contributed by atoms with van der Waals surface area (Å²) >= 11 is 6.12. The SMILES string of the molecule is CCCNc1ncc(Cl)c(N2CCCC2)n1. The van der Waals surface area contributed by atoms with Gasteiger partial charge in [0.05, 0.1) is 6.20 Å². The van der Waals surface area contributed by atoms with Crippen molar-refractivity contribution in [2.24, 2.45) is 0 Å². The summed E-state index contributed by atoms with van der Waals surface area (Å²) in [7, 11) is 0. The largest absolute Gasteiger partial charge is 0.355 e. The van der Waals surface area contributed by atoms with Gasteiger partial charge in [-0.15, -0.1) is 0 Å². The fraction of sp³-hybridized carbons (Fsp3) is 0.636. The van der Waals surface area contributed by atoms with Gasteiger partial charge in [0.1, 0.15) is 5.02 Å². The standard InChI is InChI=1S/C11H17ClN4/c1-2-5-13-11-14-8-9(12)10(15-11)16-6-3-4-7-16/h8H,2-7H2,1H3,(H,13,14,15). The van der Waals surface area contributed by atoms with Crippen LogP contribution in [0.25, 0.3) is 0 Å². The predicted octanol–water partition coefficient (Wildman–Crippen LogP) is 2.55. The smallest absolute Gasteiger partial charge is 0.224 e. The van der Waals surface area contributed by atoms with Crippen LogP contribution in [0.4, 0.5) is 11.8 Å². The molecular weight excluding hydrogens is 224 g/mol. The van der Waals surface area contributed by atoms with Gasteiger partial charge in [0.2, 0.25) is 5.95 Å². The molecule has 1 aromatic rings. The summed E-state index contributed by atoms with van der Waals surface area (Å²) in [5.74, 6) is 1.54. The van der Waals surface area contributed by atoms with Crippen LogP contribution in [0, 0.1) is 0 Å². The summed E-state index contributed by atoms with van der Waals surface area (Å²) in [6, 6.07) is 0. The lowest BCUT2D eigenvalue weighted by atomic mass is 10.4. The zero-order valence-electron chi connectivity index (χ0n) is 9.54. The Morgan fingerprint density at radius 3 is 2.88 bits per heavy atom. The van der Waals surface area contributed by atoms with E-state index >= 15 is 0 Å². The van der Waals surface area contributed by atoms with E-state index in [1.807, 2.05) is 0 Å². The molecule has 16 heavy (non-hydrogen) atoms. The van der Waals surface area contributed by atoms with Crippen molar-refractivity contribution in [2.45, 2.75) is 26.2 Å². The molecule has 1 fully saturated rings. The summed E-state index contributed by atoms with van der Waals surface area (Å²) in [5, 5.41) is 3.82. The third-order valence-electron chi connectivity index (χ3n) is 2.66. The minimum absolute atomic E-state index is 0.643. The molecule has 2 rings (SSSR count).